The molecule has 0 spiro atoms. The molecular weight excluding hydrogens is 328 g/mol. The Morgan fingerprint density at radius 2 is 2.12 bits per heavy atom. The lowest BCUT2D eigenvalue weighted by Crippen LogP contribution is -2.02. The second-order valence-corrected chi connectivity index (χ2v) is 6.57. The van der Waals surface area contributed by atoms with Crippen molar-refractivity contribution in [3.8, 4) is 17.6 Å². The quantitative estimate of drug-likeness (QED) is 0.627. The van der Waals surface area contributed by atoms with Crippen molar-refractivity contribution in [3.05, 3.63) is 52.4 Å². The van der Waals surface area contributed by atoms with E-state index in [2.05, 4.69) is 10.6 Å². The highest BCUT2D eigenvalue weighted by atomic mass is 16.5. The number of hydrogen-bond donors (Lipinski definition) is 0. The van der Waals surface area contributed by atoms with Crippen LogP contribution >= 0.6 is 0 Å². The Morgan fingerprint density at radius 3 is 2.96 bits per heavy atom. The maximum absolute atomic E-state index is 12.8. The highest BCUT2D eigenvalue weighted by molar-refractivity contribution is 6.09. The summed E-state index contributed by atoms with van der Waals surface area (Å²) in [6.45, 7) is 4.02. The van der Waals surface area contributed by atoms with Gasteiger partial charge in [-0.1, -0.05) is 12.1 Å². The Hall–Kier alpha value is -3.00. The molecule has 26 heavy (non-hydrogen) atoms. The van der Waals surface area contributed by atoms with Crippen LogP contribution in [0, 0.1) is 18.3 Å². The Bertz CT molecular complexity index is 947. The van der Waals surface area contributed by atoms with Crippen molar-refractivity contribution in [1.29, 1.82) is 5.26 Å². The van der Waals surface area contributed by atoms with Crippen LogP contribution in [0.25, 0.3) is 6.08 Å². The zero-order chi connectivity index (χ0) is 18.1. The summed E-state index contributed by atoms with van der Waals surface area (Å²) < 4.78 is 13.6. The zero-order valence-electron chi connectivity index (χ0n) is 14.7. The molecule has 2 aliphatic heterocycles. The van der Waals surface area contributed by atoms with Gasteiger partial charge in [-0.3, -0.25) is 4.79 Å². The van der Waals surface area contributed by atoms with Crippen molar-refractivity contribution in [1.82, 2.24) is 4.57 Å². The Labute approximate surface area is 152 Å². The van der Waals surface area contributed by atoms with Crippen LogP contribution < -0.4 is 9.47 Å². The van der Waals surface area contributed by atoms with E-state index in [4.69, 9.17) is 9.47 Å². The van der Waals surface area contributed by atoms with Crippen LogP contribution in [0.2, 0.25) is 0 Å². The molecule has 0 radical (unpaired) electrons. The van der Waals surface area contributed by atoms with Gasteiger partial charge < -0.3 is 14.0 Å². The molecule has 1 aromatic carbocycles. The molecule has 5 heteroatoms. The molecule has 0 saturated carbocycles. The van der Waals surface area contributed by atoms with Crippen molar-refractivity contribution >= 4 is 11.9 Å². The monoisotopic (exact) mass is 348 g/mol. The number of nitrogens with zero attached hydrogens (tertiary/aromatic N) is 2. The maximum atomic E-state index is 12.8. The van der Waals surface area contributed by atoms with Crippen molar-refractivity contribution < 1.29 is 14.3 Å². The predicted molar refractivity (Wildman–Crippen MR) is 97.6 cm³/mol. The van der Waals surface area contributed by atoms with Gasteiger partial charge in [0, 0.05) is 29.9 Å². The van der Waals surface area contributed by atoms with E-state index >= 15 is 0 Å². The van der Waals surface area contributed by atoms with Gasteiger partial charge in [0.1, 0.15) is 6.07 Å². The number of rotatable bonds is 3. The number of fused-ring (bicyclic) bond motifs is 2. The summed E-state index contributed by atoms with van der Waals surface area (Å²) in [5.74, 6) is 1.23. The van der Waals surface area contributed by atoms with Crippen molar-refractivity contribution in [2.45, 2.75) is 32.7 Å². The number of para-hydroxylation sites is 1. The van der Waals surface area contributed by atoms with Gasteiger partial charge in [-0.25, -0.2) is 0 Å². The maximum Gasteiger partial charge on any atom is 0.189 e. The molecule has 0 atom stereocenters. The van der Waals surface area contributed by atoms with Crippen LogP contribution in [0.1, 0.15) is 45.7 Å². The van der Waals surface area contributed by atoms with Crippen molar-refractivity contribution in [3.63, 3.8) is 0 Å². The Balaban J connectivity index is 1.67. The van der Waals surface area contributed by atoms with E-state index in [1.54, 1.807) is 6.08 Å². The van der Waals surface area contributed by atoms with Crippen LogP contribution in [0.3, 0.4) is 0 Å². The first-order valence-electron chi connectivity index (χ1n) is 8.94. The molecule has 0 amide bonds. The average Bonchev–Trinajstić information content (AvgIpc) is 3.13. The number of carbonyl (C=O) groups excluding carboxylic acids is 1. The van der Waals surface area contributed by atoms with Crippen LogP contribution in [-0.4, -0.2) is 23.6 Å². The number of benzene rings is 1. The van der Waals surface area contributed by atoms with Crippen LogP contribution in [0.4, 0.5) is 0 Å². The fourth-order valence-corrected chi connectivity index (χ4v) is 3.78. The fraction of sp³-hybridized carbons (Fsp3) is 0.333. The zero-order valence-corrected chi connectivity index (χ0v) is 14.7. The van der Waals surface area contributed by atoms with Crippen molar-refractivity contribution in [2.24, 2.45) is 0 Å². The number of hydrogen-bond acceptors (Lipinski definition) is 4. The van der Waals surface area contributed by atoms with Crippen LogP contribution in [-0.2, 0) is 13.0 Å². The smallest absolute Gasteiger partial charge is 0.189 e. The lowest BCUT2D eigenvalue weighted by atomic mass is 10.0. The Kier molecular flexibility index (Phi) is 4.26. The minimum Gasteiger partial charge on any atom is -0.490 e. The average molecular weight is 348 g/mol. The standard InChI is InChI=1S/C21H20N2O3/c1-14-20(16(13-22)17-6-3-10-23(14)17)18(24)9-8-15-5-2-7-19-21(15)26-12-4-11-25-19/h2,5,7-9H,3-4,6,10-12H2,1H3. The third-order valence-corrected chi connectivity index (χ3v) is 5.00. The molecule has 2 aliphatic rings. The fourth-order valence-electron chi connectivity index (χ4n) is 3.78. The number of ether oxygens (including phenoxy) is 2. The van der Waals surface area contributed by atoms with E-state index in [9.17, 15) is 10.1 Å². The third-order valence-electron chi connectivity index (χ3n) is 5.00. The Morgan fingerprint density at radius 1 is 1.27 bits per heavy atom. The molecule has 2 aromatic rings. The molecule has 3 heterocycles. The second-order valence-electron chi connectivity index (χ2n) is 6.57. The largest absolute Gasteiger partial charge is 0.490 e. The lowest BCUT2D eigenvalue weighted by Gasteiger charge is -2.09. The number of allylic oxidation sites excluding steroid dienone is 1. The molecule has 0 fully saturated rings. The second kappa shape index (κ2) is 6.72. The van der Waals surface area contributed by atoms with Crippen molar-refractivity contribution in [2.75, 3.05) is 13.2 Å². The molecule has 0 N–H and O–H groups in total. The first-order valence-corrected chi connectivity index (χ1v) is 8.94. The molecular formula is C21H20N2O3. The molecule has 0 unspecified atom stereocenters. The predicted octanol–water partition coefficient (Wildman–Crippen LogP) is 3.67. The molecule has 0 aliphatic carbocycles. The summed E-state index contributed by atoms with van der Waals surface area (Å²) in [5.41, 5.74) is 3.74. The summed E-state index contributed by atoms with van der Waals surface area (Å²) in [4.78, 5) is 12.8. The third kappa shape index (κ3) is 2.68. The van der Waals surface area contributed by atoms with Gasteiger partial charge in [-0.2, -0.15) is 5.26 Å². The van der Waals surface area contributed by atoms with Gasteiger partial charge >= 0.3 is 0 Å². The SMILES string of the molecule is Cc1c(C(=O)C=Cc2cccc3c2OCCCO3)c(C#N)c2n1CCC2. The number of carbonyl (C=O) groups is 1. The van der Waals surface area contributed by atoms with E-state index in [0.29, 0.717) is 35.8 Å². The molecule has 4 rings (SSSR count). The molecule has 1 aromatic heterocycles. The van der Waals surface area contributed by atoms with Gasteiger partial charge in [0.25, 0.3) is 0 Å². The van der Waals surface area contributed by atoms with Gasteiger partial charge in [-0.05, 0) is 38.0 Å². The molecule has 5 nitrogen and oxygen atoms in total. The van der Waals surface area contributed by atoms with E-state index < -0.39 is 0 Å². The molecule has 132 valence electrons. The van der Waals surface area contributed by atoms with E-state index in [0.717, 1.165) is 42.8 Å². The number of nitriles is 1. The number of ketones is 1. The molecule has 0 saturated heterocycles. The topological polar surface area (TPSA) is 64.2 Å². The summed E-state index contributed by atoms with van der Waals surface area (Å²) >= 11 is 0. The number of aromatic nitrogens is 1. The van der Waals surface area contributed by atoms with Crippen LogP contribution in [0.5, 0.6) is 11.5 Å². The van der Waals surface area contributed by atoms with E-state index in [1.165, 1.54) is 6.08 Å². The van der Waals surface area contributed by atoms with Gasteiger partial charge in [0.05, 0.1) is 24.3 Å². The lowest BCUT2D eigenvalue weighted by molar-refractivity contribution is 0.104. The minimum absolute atomic E-state index is 0.145. The highest BCUT2D eigenvalue weighted by Gasteiger charge is 2.26. The van der Waals surface area contributed by atoms with Crippen LogP contribution in [0.15, 0.2) is 24.3 Å². The summed E-state index contributed by atoms with van der Waals surface area (Å²) in [5, 5.41) is 9.54. The van der Waals surface area contributed by atoms with E-state index in [1.807, 2.05) is 25.1 Å². The van der Waals surface area contributed by atoms with Gasteiger partial charge in [0.2, 0.25) is 0 Å². The molecule has 0 bridgehead atoms. The highest BCUT2D eigenvalue weighted by Crippen LogP contribution is 2.34. The van der Waals surface area contributed by atoms with E-state index in [-0.39, 0.29) is 5.78 Å². The minimum atomic E-state index is -0.145. The first-order chi connectivity index (χ1) is 12.7. The normalized spacial score (nSPS) is 15.5. The van der Waals surface area contributed by atoms with Gasteiger partial charge in [0.15, 0.2) is 17.3 Å². The van der Waals surface area contributed by atoms with Gasteiger partial charge in [-0.15, -0.1) is 0 Å². The summed E-state index contributed by atoms with van der Waals surface area (Å²) in [6.07, 6.45) is 6.00. The first kappa shape index (κ1) is 16.5. The summed E-state index contributed by atoms with van der Waals surface area (Å²) in [6, 6.07) is 7.89. The summed E-state index contributed by atoms with van der Waals surface area (Å²) in [7, 11) is 0.